The minimum Gasteiger partial charge on any atom is -0.468 e. The van der Waals surface area contributed by atoms with Gasteiger partial charge in [-0.1, -0.05) is 27.7 Å². The van der Waals surface area contributed by atoms with Crippen LogP contribution in [0.2, 0.25) is 0 Å². The van der Waals surface area contributed by atoms with E-state index < -0.39 is 0 Å². The topological polar surface area (TPSA) is 38.3 Å². The molecular weight excluding hydrogens is 202 g/mol. The summed E-state index contributed by atoms with van der Waals surface area (Å²) in [6.07, 6.45) is 2.19. The quantitative estimate of drug-likeness (QED) is 0.682. The van der Waals surface area contributed by atoms with Crippen molar-refractivity contribution in [3.8, 4) is 0 Å². The zero-order valence-electron chi connectivity index (χ0n) is 11.5. The molecule has 0 aliphatic carbocycles. The molecule has 0 aromatic carbocycles. The molecule has 0 saturated heterocycles. The van der Waals surface area contributed by atoms with Gasteiger partial charge >= 0.3 is 5.97 Å². The minimum absolute atomic E-state index is 0.183. The highest BCUT2D eigenvalue weighted by molar-refractivity contribution is 5.75. The molecule has 96 valence electrons. The Labute approximate surface area is 99.9 Å². The summed E-state index contributed by atoms with van der Waals surface area (Å²) in [5.41, 5.74) is 0. The van der Waals surface area contributed by atoms with Gasteiger partial charge in [0.05, 0.1) is 7.11 Å². The van der Waals surface area contributed by atoms with E-state index in [1.54, 1.807) is 0 Å². The van der Waals surface area contributed by atoms with Crippen LogP contribution in [0.25, 0.3) is 0 Å². The van der Waals surface area contributed by atoms with Gasteiger partial charge in [-0.15, -0.1) is 0 Å². The molecule has 0 aromatic heterocycles. The van der Waals surface area contributed by atoms with Gasteiger partial charge in [-0.05, 0) is 31.6 Å². The summed E-state index contributed by atoms with van der Waals surface area (Å²) in [6.45, 7) is 10.7. The number of rotatable bonds is 7. The van der Waals surface area contributed by atoms with Crippen molar-refractivity contribution in [3.63, 3.8) is 0 Å². The molecule has 1 atom stereocenters. The van der Waals surface area contributed by atoms with Crippen molar-refractivity contribution in [2.24, 2.45) is 11.8 Å². The first-order chi connectivity index (χ1) is 7.36. The maximum Gasteiger partial charge on any atom is 0.322 e. The van der Waals surface area contributed by atoms with Crippen molar-refractivity contribution >= 4 is 5.97 Å². The summed E-state index contributed by atoms with van der Waals surface area (Å²) in [5.74, 6) is 1.10. The standard InChI is InChI=1S/C13H27NO2/c1-9(2)7-12(8-10(3)4)14-11(5)13(15)16-6/h9-12,14H,7-8H2,1-6H3. The van der Waals surface area contributed by atoms with E-state index in [0.29, 0.717) is 17.9 Å². The number of ether oxygens (including phenoxy) is 1. The van der Waals surface area contributed by atoms with E-state index in [1.165, 1.54) is 7.11 Å². The summed E-state index contributed by atoms with van der Waals surface area (Å²) in [5, 5.41) is 3.36. The summed E-state index contributed by atoms with van der Waals surface area (Å²) < 4.78 is 4.72. The SMILES string of the molecule is COC(=O)C(C)NC(CC(C)C)CC(C)C. The van der Waals surface area contributed by atoms with E-state index in [2.05, 4.69) is 33.0 Å². The van der Waals surface area contributed by atoms with Crippen LogP contribution in [0, 0.1) is 11.8 Å². The Hall–Kier alpha value is -0.570. The van der Waals surface area contributed by atoms with Crippen molar-refractivity contribution < 1.29 is 9.53 Å². The lowest BCUT2D eigenvalue weighted by Crippen LogP contribution is -2.43. The molecule has 1 unspecified atom stereocenters. The number of nitrogens with one attached hydrogen (secondary N) is 1. The van der Waals surface area contributed by atoms with E-state index >= 15 is 0 Å². The highest BCUT2D eigenvalue weighted by Crippen LogP contribution is 2.14. The van der Waals surface area contributed by atoms with Gasteiger partial charge in [-0.2, -0.15) is 0 Å². The van der Waals surface area contributed by atoms with E-state index in [0.717, 1.165) is 12.8 Å². The smallest absolute Gasteiger partial charge is 0.322 e. The Bertz CT molecular complexity index is 192. The Morgan fingerprint density at radius 1 is 1.06 bits per heavy atom. The molecule has 0 saturated carbocycles. The Morgan fingerprint density at radius 3 is 1.81 bits per heavy atom. The second-order valence-corrected chi connectivity index (χ2v) is 5.37. The number of methoxy groups -OCH3 is 1. The van der Waals surface area contributed by atoms with Crippen molar-refractivity contribution in [2.75, 3.05) is 7.11 Å². The highest BCUT2D eigenvalue weighted by Gasteiger charge is 2.19. The van der Waals surface area contributed by atoms with Gasteiger partial charge in [-0.3, -0.25) is 4.79 Å². The Balaban J connectivity index is 4.24. The normalized spacial score (nSPS) is 13.6. The molecule has 0 rings (SSSR count). The third kappa shape index (κ3) is 6.83. The van der Waals surface area contributed by atoms with Gasteiger partial charge in [0.15, 0.2) is 0 Å². The van der Waals surface area contributed by atoms with Crippen molar-refractivity contribution in [1.29, 1.82) is 0 Å². The van der Waals surface area contributed by atoms with Crippen LogP contribution in [0.15, 0.2) is 0 Å². The number of hydrogen-bond donors (Lipinski definition) is 1. The Kier molecular flexibility index (Phi) is 7.39. The first kappa shape index (κ1) is 15.4. The molecule has 0 aromatic rings. The monoisotopic (exact) mass is 229 g/mol. The second-order valence-electron chi connectivity index (χ2n) is 5.37. The third-order valence-electron chi connectivity index (χ3n) is 2.55. The van der Waals surface area contributed by atoms with Crippen LogP contribution in [-0.4, -0.2) is 25.2 Å². The molecular formula is C13H27NO2. The molecule has 0 bridgehead atoms. The third-order valence-corrected chi connectivity index (χ3v) is 2.55. The van der Waals surface area contributed by atoms with Crippen molar-refractivity contribution in [2.45, 2.75) is 59.5 Å². The second kappa shape index (κ2) is 7.66. The number of carbonyl (C=O) groups is 1. The zero-order chi connectivity index (χ0) is 12.7. The van der Waals surface area contributed by atoms with Gasteiger partial charge in [0, 0.05) is 6.04 Å². The first-order valence-corrected chi connectivity index (χ1v) is 6.20. The molecule has 0 fully saturated rings. The average Bonchev–Trinajstić information content (AvgIpc) is 2.14. The fourth-order valence-corrected chi connectivity index (χ4v) is 1.97. The van der Waals surface area contributed by atoms with Crippen molar-refractivity contribution in [3.05, 3.63) is 0 Å². The van der Waals surface area contributed by atoms with Crippen molar-refractivity contribution in [1.82, 2.24) is 5.32 Å². The lowest BCUT2D eigenvalue weighted by Gasteiger charge is -2.25. The highest BCUT2D eigenvalue weighted by atomic mass is 16.5. The number of hydrogen-bond acceptors (Lipinski definition) is 3. The predicted octanol–water partition coefficient (Wildman–Crippen LogP) is 2.60. The largest absolute Gasteiger partial charge is 0.468 e. The molecule has 0 aliphatic rings. The lowest BCUT2D eigenvalue weighted by molar-refractivity contribution is -0.142. The molecule has 16 heavy (non-hydrogen) atoms. The number of esters is 1. The molecule has 0 amide bonds. The summed E-state index contributed by atoms with van der Waals surface area (Å²) >= 11 is 0. The van der Waals surface area contributed by atoms with Gasteiger partial charge in [-0.25, -0.2) is 0 Å². The van der Waals surface area contributed by atoms with Crippen LogP contribution in [0.3, 0.4) is 0 Å². The fourth-order valence-electron chi connectivity index (χ4n) is 1.97. The van der Waals surface area contributed by atoms with Gasteiger partial charge in [0.2, 0.25) is 0 Å². The van der Waals surface area contributed by atoms with Crippen LogP contribution in [0.1, 0.15) is 47.5 Å². The van der Waals surface area contributed by atoms with Crippen LogP contribution < -0.4 is 5.32 Å². The van der Waals surface area contributed by atoms with E-state index in [9.17, 15) is 4.79 Å². The van der Waals surface area contributed by atoms with Gasteiger partial charge in [0.25, 0.3) is 0 Å². The summed E-state index contributed by atoms with van der Waals surface area (Å²) in [6, 6.07) is 0.182. The zero-order valence-corrected chi connectivity index (χ0v) is 11.5. The van der Waals surface area contributed by atoms with Gasteiger partial charge in [0.1, 0.15) is 6.04 Å². The lowest BCUT2D eigenvalue weighted by atomic mass is 9.95. The molecule has 3 nitrogen and oxygen atoms in total. The molecule has 3 heteroatoms. The molecule has 0 heterocycles. The predicted molar refractivity (Wildman–Crippen MR) is 67.3 cm³/mol. The molecule has 0 aliphatic heterocycles. The Morgan fingerprint density at radius 2 is 1.50 bits per heavy atom. The van der Waals surface area contributed by atoms with Crippen LogP contribution in [0.4, 0.5) is 0 Å². The molecule has 0 radical (unpaired) electrons. The van der Waals surface area contributed by atoms with Crippen LogP contribution in [-0.2, 0) is 9.53 Å². The van der Waals surface area contributed by atoms with Gasteiger partial charge < -0.3 is 10.1 Å². The maximum absolute atomic E-state index is 11.3. The molecule has 1 N–H and O–H groups in total. The summed E-state index contributed by atoms with van der Waals surface area (Å²) in [7, 11) is 1.43. The van der Waals surface area contributed by atoms with Crippen LogP contribution in [0.5, 0.6) is 0 Å². The summed E-state index contributed by atoms with van der Waals surface area (Å²) in [4.78, 5) is 11.3. The molecule has 0 spiro atoms. The van der Waals surface area contributed by atoms with E-state index in [1.807, 2.05) is 6.92 Å². The number of carbonyl (C=O) groups excluding carboxylic acids is 1. The van der Waals surface area contributed by atoms with E-state index in [-0.39, 0.29) is 12.0 Å². The minimum atomic E-state index is -0.215. The fraction of sp³-hybridized carbons (Fsp3) is 0.923. The average molecular weight is 229 g/mol. The maximum atomic E-state index is 11.3. The van der Waals surface area contributed by atoms with E-state index in [4.69, 9.17) is 4.74 Å². The van der Waals surface area contributed by atoms with Crippen LogP contribution >= 0.6 is 0 Å². The first-order valence-electron chi connectivity index (χ1n) is 6.20.